The van der Waals surface area contributed by atoms with Crippen LogP contribution in [-0.4, -0.2) is 17.4 Å². The summed E-state index contributed by atoms with van der Waals surface area (Å²) >= 11 is 0. The molecule has 4 nitrogen and oxygen atoms in total. The van der Waals surface area contributed by atoms with E-state index in [1.54, 1.807) is 0 Å². The Labute approximate surface area is 112 Å². The number of alkyl halides is 3. The third kappa shape index (κ3) is 3.84. The maximum atomic E-state index is 12.1. The van der Waals surface area contributed by atoms with Crippen molar-refractivity contribution in [3.8, 4) is 0 Å². The summed E-state index contributed by atoms with van der Waals surface area (Å²) < 4.78 is 40.9. The maximum absolute atomic E-state index is 12.1. The maximum Gasteiger partial charge on any atom is 0.484 e. The Morgan fingerprint density at radius 3 is 2.55 bits per heavy atom. The third-order valence-electron chi connectivity index (χ3n) is 2.64. The molecule has 0 unspecified atom stereocenters. The second-order valence-electron chi connectivity index (χ2n) is 4.11. The van der Waals surface area contributed by atoms with Crippen LogP contribution in [0.2, 0.25) is 0 Å². The van der Waals surface area contributed by atoms with Crippen LogP contribution in [0.1, 0.15) is 21.6 Å². The normalized spacial score (nSPS) is 11.3. The van der Waals surface area contributed by atoms with Gasteiger partial charge in [-0.05, 0) is 18.4 Å². The van der Waals surface area contributed by atoms with Crippen molar-refractivity contribution in [1.29, 1.82) is 0 Å². The highest BCUT2D eigenvalue weighted by Gasteiger charge is 2.32. The first-order valence-electron chi connectivity index (χ1n) is 5.82. The van der Waals surface area contributed by atoms with Crippen LogP contribution in [0.5, 0.6) is 0 Å². The Morgan fingerprint density at radius 1 is 1.20 bits per heavy atom. The summed E-state index contributed by atoms with van der Waals surface area (Å²) in [5, 5.41) is 4.50. The van der Waals surface area contributed by atoms with Crippen LogP contribution in [-0.2, 0) is 12.8 Å². The zero-order chi connectivity index (χ0) is 14.6. The van der Waals surface area contributed by atoms with E-state index in [0.717, 1.165) is 17.1 Å². The molecule has 7 heteroatoms. The molecular weight excluding hydrogens is 273 g/mol. The van der Waals surface area contributed by atoms with E-state index in [0.29, 0.717) is 12.8 Å². The van der Waals surface area contributed by atoms with Crippen molar-refractivity contribution >= 4 is 5.91 Å². The number of carbonyl (C=O) groups excluding carboxylic acids is 1. The number of rotatable bonds is 4. The molecule has 0 bridgehead atoms. The van der Waals surface area contributed by atoms with E-state index in [9.17, 15) is 18.0 Å². The molecule has 0 saturated carbocycles. The molecule has 1 N–H and O–H groups in total. The fourth-order valence-corrected chi connectivity index (χ4v) is 1.73. The molecule has 106 valence electrons. The summed E-state index contributed by atoms with van der Waals surface area (Å²) in [5.74, 6) is -1.26. The molecular formula is C13H11F3N2O2. The van der Waals surface area contributed by atoms with Gasteiger partial charge in [-0.15, -0.1) is 0 Å². The standard InChI is InChI=1S/C13H11F3N2O2/c14-13(15,16)17-12(19)10-8-20-18-11(10)7-6-9-4-2-1-3-5-9/h1-5,8H,6-7H2,(H,17,19). The van der Waals surface area contributed by atoms with Gasteiger partial charge >= 0.3 is 6.30 Å². The van der Waals surface area contributed by atoms with Gasteiger partial charge in [-0.25, -0.2) is 0 Å². The number of halogens is 3. The number of benzene rings is 1. The first-order valence-corrected chi connectivity index (χ1v) is 5.82. The van der Waals surface area contributed by atoms with E-state index in [1.807, 2.05) is 30.3 Å². The zero-order valence-corrected chi connectivity index (χ0v) is 10.3. The van der Waals surface area contributed by atoms with Crippen molar-refractivity contribution in [2.45, 2.75) is 19.1 Å². The molecule has 0 saturated heterocycles. The van der Waals surface area contributed by atoms with Crippen LogP contribution < -0.4 is 5.32 Å². The molecule has 0 fully saturated rings. The van der Waals surface area contributed by atoms with Gasteiger partial charge in [0.1, 0.15) is 11.8 Å². The number of hydrogen-bond acceptors (Lipinski definition) is 3. The summed E-state index contributed by atoms with van der Waals surface area (Å²) in [6.07, 6.45) is -2.98. The van der Waals surface area contributed by atoms with Crippen molar-refractivity contribution in [3.63, 3.8) is 0 Å². The summed E-state index contributed by atoms with van der Waals surface area (Å²) in [5.41, 5.74) is 1.01. The van der Waals surface area contributed by atoms with Crippen molar-refractivity contribution in [1.82, 2.24) is 10.5 Å². The van der Waals surface area contributed by atoms with E-state index >= 15 is 0 Å². The molecule has 1 heterocycles. The smallest absolute Gasteiger partial charge is 0.364 e. The number of amides is 1. The average molecular weight is 284 g/mol. The minimum absolute atomic E-state index is 0.196. The minimum Gasteiger partial charge on any atom is -0.364 e. The van der Waals surface area contributed by atoms with E-state index in [2.05, 4.69) is 9.68 Å². The van der Waals surface area contributed by atoms with Crippen molar-refractivity contribution < 1.29 is 22.5 Å². The second kappa shape index (κ2) is 5.77. The molecule has 0 radical (unpaired) electrons. The summed E-state index contributed by atoms with van der Waals surface area (Å²) in [6.45, 7) is 0. The highest BCUT2D eigenvalue weighted by Crippen LogP contribution is 2.15. The average Bonchev–Trinajstić information content (AvgIpc) is 2.84. The number of nitrogens with one attached hydrogen (secondary N) is 1. The second-order valence-corrected chi connectivity index (χ2v) is 4.11. The van der Waals surface area contributed by atoms with Gasteiger partial charge < -0.3 is 4.52 Å². The van der Waals surface area contributed by atoms with Gasteiger partial charge in [0, 0.05) is 0 Å². The van der Waals surface area contributed by atoms with Crippen LogP contribution in [0.4, 0.5) is 13.2 Å². The summed E-state index contributed by atoms with van der Waals surface area (Å²) in [6, 6.07) is 9.34. The van der Waals surface area contributed by atoms with Gasteiger partial charge in [-0.1, -0.05) is 35.5 Å². The SMILES string of the molecule is O=C(NC(F)(F)F)c1conc1CCc1ccccc1. The fourth-order valence-electron chi connectivity index (χ4n) is 1.73. The minimum atomic E-state index is -4.77. The Hall–Kier alpha value is -2.31. The Balaban J connectivity index is 2.03. The molecule has 2 rings (SSSR count). The van der Waals surface area contributed by atoms with Crippen molar-refractivity contribution in [3.05, 3.63) is 53.4 Å². The predicted molar refractivity (Wildman–Crippen MR) is 63.9 cm³/mol. The van der Waals surface area contributed by atoms with Gasteiger partial charge in [0.2, 0.25) is 0 Å². The van der Waals surface area contributed by atoms with Crippen LogP contribution >= 0.6 is 0 Å². The van der Waals surface area contributed by atoms with Gasteiger partial charge in [0.15, 0.2) is 0 Å². The first kappa shape index (κ1) is 14.1. The van der Waals surface area contributed by atoms with Crippen LogP contribution in [0.15, 0.2) is 41.1 Å². The van der Waals surface area contributed by atoms with Gasteiger partial charge in [0.05, 0.1) is 5.69 Å². The van der Waals surface area contributed by atoms with Gasteiger partial charge in [-0.2, -0.15) is 13.2 Å². The van der Waals surface area contributed by atoms with Crippen LogP contribution in [0.3, 0.4) is 0 Å². The Bertz CT molecular complexity index is 579. The number of aromatic nitrogens is 1. The predicted octanol–water partition coefficient (Wildman–Crippen LogP) is 2.71. The molecule has 20 heavy (non-hydrogen) atoms. The lowest BCUT2D eigenvalue weighted by molar-refractivity contribution is -0.146. The summed E-state index contributed by atoms with van der Waals surface area (Å²) in [4.78, 5) is 11.4. The molecule has 1 aromatic carbocycles. The lowest BCUT2D eigenvalue weighted by Crippen LogP contribution is -2.37. The van der Waals surface area contributed by atoms with E-state index in [-0.39, 0.29) is 11.3 Å². The number of hydrogen-bond donors (Lipinski definition) is 1. The number of carbonyl (C=O) groups is 1. The largest absolute Gasteiger partial charge is 0.484 e. The van der Waals surface area contributed by atoms with E-state index in [4.69, 9.17) is 0 Å². The molecule has 0 atom stereocenters. The Morgan fingerprint density at radius 2 is 1.90 bits per heavy atom. The van der Waals surface area contributed by atoms with E-state index in [1.165, 1.54) is 0 Å². The highest BCUT2D eigenvalue weighted by atomic mass is 19.4. The molecule has 0 spiro atoms. The Kier molecular flexibility index (Phi) is 4.07. The van der Waals surface area contributed by atoms with E-state index < -0.39 is 12.2 Å². The molecule has 1 amide bonds. The van der Waals surface area contributed by atoms with Crippen LogP contribution in [0.25, 0.3) is 0 Å². The number of nitrogens with zero attached hydrogens (tertiary/aromatic N) is 1. The van der Waals surface area contributed by atoms with Crippen molar-refractivity contribution in [2.75, 3.05) is 0 Å². The quantitative estimate of drug-likeness (QED) is 0.878. The topological polar surface area (TPSA) is 55.1 Å². The fraction of sp³-hybridized carbons (Fsp3) is 0.231. The lowest BCUT2D eigenvalue weighted by atomic mass is 10.1. The highest BCUT2D eigenvalue weighted by molar-refractivity contribution is 5.95. The first-order chi connectivity index (χ1) is 9.46. The van der Waals surface area contributed by atoms with Crippen LogP contribution in [0, 0.1) is 0 Å². The molecule has 1 aromatic heterocycles. The number of aryl methyl sites for hydroxylation is 2. The lowest BCUT2D eigenvalue weighted by Gasteiger charge is -2.07. The van der Waals surface area contributed by atoms with Crippen molar-refractivity contribution in [2.24, 2.45) is 0 Å². The molecule has 0 aliphatic heterocycles. The molecule has 0 aliphatic rings. The zero-order valence-electron chi connectivity index (χ0n) is 10.3. The molecule has 2 aromatic rings. The molecule has 0 aliphatic carbocycles. The van der Waals surface area contributed by atoms with Gasteiger partial charge in [0.25, 0.3) is 5.91 Å². The summed E-state index contributed by atoms with van der Waals surface area (Å²) in [7, 11) is 0. The third-order valence-corrected chi connectivity index (χ3v) is 2.64. The van der Waals surface area contributed by atoms with Gasteiger partial charge in [-0.3, -0.25) is 10.1 Å². The monoisotopic (exact) mass is 284 g/mol.